The van der Waals surface area contributed by atoms with Gasteiger partial charge in [-0.05, 0) is 37.5 Å². The molecule has 0 radical (unpaired) electrons. The smallest absolute Gasteiger partial charge is 0.255 e. The van der Waals surface area contributed by atoms with Gasteiger partial charge in [-0.1, -0.05) is 12.8 Å². The monoisotopic (exact) mass is 394 g/mol. The van der Waals surface area contributed by atoms with Crippen LogP contribution in [0.2, 0.25) is 0 Å². The number of amides is 1. The Morgan fingerprint density at radius 1 is 1.38 bits per heavy atom. The van der Waals surface area contributed by atoms with Crippen molar-refractivity contribution in [2.75, 3.05) is 12.4 Å². The van der Waals surface area contributed by atoms with E-state index in [0.29, 0.717) is 33.7 Å². The minimum absolute atomic E-state index is 0.0896. The van der Waals surface area contributed by atoms with Crippen LogP contribution in [-0.4, -0.2) is 39.7 Å². The van der Waals surface area contributed by atoms with Crippen molar-refractivity contribution in [3.63, 3.8) is 0 Å². The molecule has 2 aromatic heterocycles. The highest BCUT2D eigenvalue weighted by atomic mass is 19.1. The molecule has 8 heteroatoms. The molecular formula is C21H23FN6O. The zero-order valence-corrected chi connectivity index (χ0v) is 16.3. The third-order valence-corrected chi connectivity index (χ3v) is 5.16. The maximum absolute atomic E-state index is 13.5. The highest BCUT2D eigenvalue weighted by molar-refractivity contribution is 6.14. The molecule has 0 bridgehead atoms. The lowest BCUT2D eigenvalue weighted by Gasteiger charge is -2.13. The molecule has 150 valence electrons. The number of hydrogen-bond donors (Lipinski definition) is 4. The van der Waals surface area contributed by atoms with Gasteiger partial charge in [0.05, 0.1) is 17.5 Å². The van der Waals surface area contributed by atoms with Crippen LogP contribution >= 0.6 is 0 Å². The molecule has 1 aromatic carbocycles. The Labute approximate surface area is 167 Å². The van der Waals surface area contributed by atoms with Gasteiger partial charge in [0, 0.05) is 30.5 Å². The van der Waals surface area contributed by atoms with E-state index in [4.69, 9.17) is 5.41 Å². The van der Waals surface area contributed by atoms with Gasteiger partial charge < -0.3 is 15.6 Å². The SMILES string of the molecule is CNc1cc(F)ccc1C(=N)c1cnc2[nH]cc(C(=O)NC(C)CC3CC3)c2n1. The van der Waals surface area contributed by atoms with Gasteiger partial charge >= 0.3 is 0 Å². The number of anilines is 1. The van der Waals surface area contributed by atoms with Gasteiger partial charge in [0.2, 0.25) is 0 Å². The predicted molar refractivity (Wildman–Crippen MR) is 110 cm³/mol. The minimum atomic E-state index is -0.391. The van der Waals surface area contributed by atoms with E-state index in [1.807, 2.05) is 6.92 Å². The maximum Gasteiger partial charge on any atom is 0.255 e. The summed E-state index contributed by atoms with van der Waals surface area (Å²) in [6.45, 7) is 2.01. The highest BCUT2D eigenvalue weighted by Crippen LogP contribution is 2.33. The van der Waals surface area contributed by atoms with E-state index < -0.39 is 5.82 Å². The summed E-state index contributed by atoms with van der Waals surface area (Å²) >= 11 is 0. The molecule has 1 unspecified atom stereocenters. The van der Waals surface area contributed by atoms with E-state index in [2.05, 4.69) is 25.6 Å². The molecule has 4 N–H and O–H groups in total. The molecule has 1 aliphatic rings. The Hall–Kier alpha value is -3.29. The standard InChI is InChI=1S/C21H23FN6O/c1-11(7-12-3-4-12)27-21(29)15-9-25-20-19(15)28-17(10-26-20)18(23)14-6-5-13(22)8-16(14)24-2/h5-6,8-12,23-24H,3-4,7H2,1-2H3,(H,25,26)(H,27,29). The number of hydrogen-bond acceptors (Lipinski definition) is 5. The van der Waals surface area contributed by atoms with Crippen molar-refractivity contribution in [2.45, 2.75) is 32.2 Å². The van der Waals surface area contributed by atoms with Crippen LogP contribution in [0.15, 0.2) is 30.6 Å². The number of carbonyl (C=O) groups excluding carboxylic acids is 1. The molecule has 0 aliphatic heterocycles. The second-order valence-corrected chi connectivity index (χ2v) is 7.52. The number of H-pyrrole nitrogens is 1. The van der Waals surface area contributed by atoms with Crippen molar-refractivity contribution in [3.05, 3.63) is 53.2 Å². The first-order valence-corrected chi connectivity index (χ1v) is 9.68. The summed E-state index contributed by atoms with van der Waals surface area (Å²) < 4.78 is 13.5. The van der Waals surface area contributed by atoms with E-state index >= 15 is 0 Å². The summed E-state index contributed by atoms with van der Waals surface area (Å²) in [5.74, 6) is 0.120. The Morgan fingerprint density at radius 2 is 2.17 bits per heavy atom. The number of carbonyl (C=O) groups is 1. The first-order valence-electron chi connectivity index (χ1n) is 9.68. The van der Waals surface area contributed by atoms with Crippen molar-refractivity contribution in [2.24, 2.45) is 5.92 Å². The Balaban J connectivity index is 1.62. The van der Waals surface area contributed by atoms with Gasteiger partial charge in [-0.2, -0.15) is 0 Å². The van der Waals surface area contributed by atoms with E-state index in [1.165, 1.54) is 37.2 Å². The van der Waals surface area contributed by atoms with Crippen LogP contribution in [0, 0.1) is 17.1 Å². The van der Waals surface area contributed by atoms with Crippen molar-refractivity contribution in [1.29, 1.82) is 5.41 Å². The Bertz CT molecular complexity index is 1090. The number of halogens is 1. The van der Waals surface area contributed by atoms with Crippen LogP contribution in [0.5, 0.6) is 0 Å². The fourth-order valence-corrected chi connectivity index (χ4v) is 3.48. The first-order chi connectivity index (χ1) is 14.0. The van der Waals surface area contributed by atoms with Gasteiger partial charge in [-0.25, -0.2) is 14.4 Å². The summed E-state index contributed by atoms with van der Waals surface area (Å²) in [5, 5.41) is 14.4. The number of nitrogens with one attached hydrogen (secondary N) is 4. The van der Waals surface area contributed by atoms with Crippen molar-refractivity contribution in [1.82, 2.24) is 20.3 Å². The molecule has 1 saturated carbocycles. The third-order valence-electron chi connectivity index (χ3n) is 5.16. The summed E-state index contributed by atoms with van der Waals surface area (Å²) in [7, 11) is 1.66. The maximum atomic E-state index is 13.5. The average Bonchev–Trinajstić information content (AvgIpc) is 3.41. The molecule has 4 rings (SSSR count). The lowest BCUT2D eigenvalue weighted by atomic mass is 10.1. The van der Waals surface area contributed by atoms with Crippen LogP contribution in [0.25, 0.3) is 11.2 Å². The van der Waals surface area contributed by atoms with Crippen LogP contribution in [0.4, 0.5) is 10.1 Å². The summed E-state index contributed by atoms with van der Waals surface area (Å²) in [4.78, 5) is 24.5. The second kappa shape index (κ2) is 7.62. The average molecular weight is 394 g/mol. The lowest BCUT2D eigenvalue weighted by molar-refractivity contribution is 0.0939. The molecular weight excluding hydrogens is 371 g/mol. The van der Waals surface area contributed by atoms with Crippen molar-refractivity contribution in [3.8, 4) is 0 Å². The topological polar surface area (TPSA) is 107 Å². The summed E-state index contributed by atoms with van der Waals surface area (Å²) in [6.07, 6.45) is 6.52. The summed E-state index contributed by atoms with van der Waals surface area (Å²) in [6, 6.07) is 4.24. The molecule has 1 aliphatic carbocycles. The van der Waals surface area contributed by atoms with E-state index in [-0.39, 0.29) is 17.7 Å². The first kappa shape index (κ1) is 19.0. The third kappa shape index (κ3) is 3.96. The van der Waals surface area contributed by atoms with Crippen molar-refractivity contribution >= 4 is 28.5 Å². The van der Waals surface area contributed by atoms with Crippen molar-refractivity contribution < 1.29 is 9.18 Å². The normalized spacial score (nSPS) is 14.6. The van der Waals surface area contributed by atoms with Gasteiger partial charge in [0.1, 0.15) is 17.0 Å². The molecule has 1 fully saturated rings. The lowest BCUT2D eigenvalue weighted by Crippen LogP contribution is -2.32. The fraction of sp³-hybridized carbons (Fsp3) is 0.333. The number of aromatic amines is 1. The molecule has 0 spiro atoms. The predicted octanol–water partition coefficient (Wildman–Crippen LogP) is 3.47. The number of aromatic nitrogens is 3. The number of rotatable bonds is 7. The minimum Gasteiger partial charge on any atom is -0.387 e. The van der Waals surface area contributed by atoms with Gasteiger partial charge in [0.15, 0.2) is 5.65 Å². The Kier molecular flexibility index (Phi) is 5.00. The van der Waals surface area contributed by atoms with Crippen LogP contribution in [-0.2, 0) is 0 Å². The number of benzene rings is 1. The number of fused-ring (bicyclic) bond motifs is 1. The van der Waals surface area contributed by atoms with Gasteiger partial charge in [-0.3, -0.25) is 10.2 Å². The molecule has 29 heavy (non-hydrogen) atoms. The summed E-state index contributed by atoms with van der Waals surface area (Å²) in [5.41, 5.74) is 2.68. The van der Waals surface area contributed by atoms with Crippen LogP contribution in [0.1, 0.15) is 47.8 Å². The van der Waals surface area contributed by atoms with E-state index in [9.17, 15) is 9.18 Å². The van der Waals surface area contributed by atoms with E-state index in [1.54, 1.807) is 13.2 Å². The quantitative estimate of drug-likeness (QED) is 0.460. The van der Waals surface area contributed by atoms with Gasteiger partial charge in [0.25, 0.3) is 5.91 Å². The second-order valence-electron chi connectivity index (χ2n) is 7.52. The zero-order valence-electron chi connectivity index (χ0n) is 16.3. The highest BCUT2D eigenvalue weighted by Gasteiger charge is 2.25. The fourth-order valence-electron chi connectivity index (χ4n) is 3.48. The molecule has 3 aromatic rings. The molecule has 1 atom stereocenters. The van der Waals surface area contributed by atoms with E-state index in [0.717, 1.165) is 12.3 Å². The molecule has 7 nitrogen and oxygen atoms in total. The zero-order chi connectivity index (χ0) is 20.5. The van der Waals surface area contributed by atoms with Crippen LogP contribution < -0.4 is 10.6 Å². The molecule has 2 heterocycles. The number of nitrogens with zero attached hydrogens (tertiary/aromatic N) is 2. The van der Waals surface area contributed by atoms with Crippen LogP contribution in [0.3, 0.4) is 0 Å². The van der Waals surface area contributed by atoms with Gasteiger partial charge in [-0.15, -0.1) is 0 Å². The largest absolute Gasteiger partial charge is 0.387 e. The molecule has 0 saturated heterocycles. The Morgan fingerprint density at radius 3 is 2.90 bits per heavy atom. The molecule has 1 amide bonds.